The van der Waals surface area contributed by atoms with Crippen molar-refractivity contribution in [2.24, 2.45) is 0 Å². The number of hydrogen-bond donors (Lipinski definition) is 1. The molecular formula is C17H19FN4O. The molecule has 1 N–H and O–H groups in total. The highest BCUT2D eigenvalue weighted by atomic mass is 19.1. The van der Waals surface area contributed by atoms with E-state index in [1.807, 2.05) is 6.20 Å². The van der Waals surface area contributed by atoms with Crippen LogP contribution < -0.4 is 5.32 Å². The van der Waals surface area contributed by atoms with E-state index in [1.165, 1.54) is 12.1 Å². The minimum absolute atomic E-state index is 0.0986. The molecule has 120 valence electrons. The van der Waals surface area contributed by atoms with E-state index in [0.29, 0.717) is 24.6 Å². The first kappa shape index (κ1) is 15.6. The highest BCUT2D eigenvalue weighted by Crippen LogP contribution is 2.25. The standard InChI is InChI=1S/C17H19FN4O/c18-14-2-1-3-15(10-14)21-17(23)5-9-22-8-4-13(12-22)16-11-19-6-7-20-16/h1-3,6-7,10-11,13H,4-5,8-9,12H2,(H,21,23). The molecule has 1 aliphatic rings. The number of carbonyl (C=O) groups excluding carboxylic acids is 1. The summed E-state index contributed by atoms with van der Waals surface area (Å²) in [7, 11) is 0. The summed E-state index contributed by atoms with van der Waals surface area (Å²) in [5, 5.41) is 2.72. The molecule has 0 bridgehead atoms. The molecule has 0 spiro atoms. The van der Waals surface area contributed by atoms with Crippen LogP contribution in [-0.2, 0) is 4.79 Å². The van der Waals surface area contributed by atoms with Crippen molar-refractivity contribution in [3.8, 4) is 0 Å². The van der Waals surface area contributed by atoms with E-state index in [-0.39, 0.29) is 11.7 Å². The van der Waals surface area contributed by atoms with Crippen molar-refractivity contribution in [3.05, 3.63) is 54.4 Å². The highest BCUT2D eigenvalue weighted by Gasteiger charge is 2.25. The third-order valence-corrected chi connectivity index (χ3v) is 4.04. The second-order valence-electron chi connectivity index (χ2n) is 5.73. The Hall–Kier alpha value is -2.34. The fourth-order valence-corrected chi connectivity index (χ4v) is 2.85. The number of amides is 1. The molecule has 2 aromatic rings. The number of nitrogens with one attached hydrogen (secondary N) is 1. The second kappa shape index (κ2) is 7.28. The van der Waals surface area contributed by atoms with Gasteiger partial charge in [-0.2, -0.15) is 0 Å². The number of benzene rings is 1. The predicted molar refractivity (Wildman–Crippen MR) is 85.5 cm³/mol. The monoisotopic (exact) mass is 314 g/mol. The Morgan fingerprint density at radius 3 is 3.09 bits per heavy atom. The lowest BCUT2D eigenvalue weighted by molar-refractivity contribution is -0.116. The maximum atomic E-state index is 13.1. The molecule has 1 atom stereocenters. The Morgan fingerprint density at radius 1 is 1.39 bits per heavy atom. The molecule has 1 unspecified atom stereocenters. The summed E-state index contributed by atoms with van der Waals surface area (Å²) in [6.07, 6.45) is 6.62. The Labute approximate surface area is 134 Å². The van der Waals surface area contributed by atoms with Gasteiger partial charge in [-0.1, -0.05) is 6.07 Å². The number of likely N-dealkylation sites (tertiary alicyclic amines) is 1. The van der Waals surface area contributed by atoms with E-state index in [1.54, 1.807) is 24.5 Å². The Balaban J connectivity index is 1.45. The van der Waals surface area contributed by atoms with Gasteiger partial charge in [-0.25, -0.2) is 4.39 Å². The minimum Gasteiger partial charge on any atom is -0.326 e. The molecule has 0 saturated carbocycles. The molecule has 3 rings (SSSR count). The van der Waals surface area contributed by atoms with Gasteiger partial charge in [0.25, 0.3) is 0 Å². The van der Waals surface area contributed by atoms with E-state index in [2.05, 4.69) is 20.2 Å². The number of hydrogen-bond acceptors (Lipinski definition) is 4. The predicted octanol–water partition coefficient (Wildman–Crippen LogP) is 2.43. The lowest BCUT2D eigenvalue weighted by Gasteiger charge is -2.15. The molecule has 1 saturated heterocycles. The zero-order chi connectivity index (χ0) is 16.1. The van der Waals surface area contributed by atoms with Crippen LogP contribution in [0.15, 0.2) is 42.9 Å². The highest BCUT2D eigenvalue weighted by molar-refractivity contribution is 5.90. The molecule has 23 heavy (non-hydrogen) atoms. The second-order valence-corrected chi connectivity index (χ2v) is 5.73. The van der Waals surface area contributed by atoms with Gasteiger partial charge in [0.1, 0.15) is 5.82 Å². The van der Waals surface area contributed by atoms with Gasteiger partial charge in [-0.15, -0.1) is 0 Å². The number of halogens is 1. The van der Waals surface area contributed by atoms with Gasteiger partial charge in [0, 0.05) is 49.7 Å². The molecular weight excluding hydrogens is 295 g/mol. The molecule has 1 amide bonds. The number of nitrogens with zero attached hydrogens (tertiary/aromatic N) is 3. The Kier molecular flexibility index (Phi) is 4.92. The van der Waals surface area contributed by atoms with Gasteiger partial charge in [0.15, 0.2) is 0 Å². The first-order valence-electron chi connectivity index (χ1n) is 7.74. The topological polar surface area (TPSA) is 58.1 Å². The largest absolute Gasteiger partial charge is 0.326 e. The third kappa shape index (κ3) is 4.32. The number of anilines is 1. The zero-order valence-corrected chi connectivity index (χ0v) is 12.8. The molecule has 2 heterocycles. The average molecular weight is 314 g/mol. The Bertz CT molecular complexity index is 665. The molecule has 0 aliphatic carbocycles. The summed E-state index contributed by atoms with van der Waals surface area (Å²) in [6, 6.07) is 5.93. The number of aromatic nitrogens is 2. The van der Waals surface area contributed by atoms with Crippen LogP contribution >= 0.6 is 0 Å². The summed E-state index contributed by atoms with van der Waals surface area (Å²) in [6.45, 7) is 2.54. The minimum atomic E-state index is -0.353. The van der Waals surface area contributed by atoms with Crippen molar-refractivity contribution in [2.45, 2.75) is 18.8 Å². The summed E-state index contributed by atoms with van der Waals surface area (Å²) >= 11 is 0. The summed E-state index contributed by atoms with van der Waals surface area (Å²) in [5.41, 5.74) is 1.51. The van der Waals surface area contributed by atoms with Gasteiger partial charge in [-0.05, 0) is 31.2 Å². The quantitative estimate of drug-likeness (QED) is 0.921. The normalized spacial score (nSPS) is 18.0. The smallest absolute Gasteiger partial charge is 0.225 e. The summed E-state index contributed by atoms with van der Waals surface area (Å²) in [5.74, 6) is -0.0670. The molecule has 6 heteroatoms. The van der Waals surface area contributed by atoms with Crippen LogP contribution in [0, 0.1) is 5.82 Å². The van der Waals surface area contributed by atoms with E-state index in [9.17, 15) is 9.18 Å². The molecule has 1 fully saturated rings. The van der Waals surface area contributed by atoms with Crippen molar-refractivity contribution >= 4 is 11.6 Å². The Morgan fingerprint density at radius 2 is 2.30 bits per heavy atom. The SMILES string of the molecule is O=C(CCN1CCC(c2cnccn2)C1)Nc1cccc(F)c1. The van der Waals surface area contributed by atoms with E-state index < -0.39 is 0 Å². The lowest BCUT2D eigenvalue weighted by atomic mass is 10.1. The molecule has 5 nitrogen and oxygen atoms in total. The van der Waals surface area contributed by atoms with Crippen LogP contribution in [0.25, 0.3) is 0 Å². The third-order valence-electron chi connectivity index (χ3n) is 4.04. The van der Waals surface area contributed by atoms with Gasteiger partial charge >= 0.3 is 0 Å². The van der Waals surface area contributed by atoms with Gasteiger partial charge in [0.2, 0.25) is 5.91 Å². The van der Waals surface area contributed by atoms with Crippen molar-refractivity contribution in [1.29, 1.82) is 0 Å². The first-order valence-corrected chi connectivity index (χ1v) is 7.74. The van der Waals surface area contributed by atoms with E-state index in [4.69, 9.17) is 0 Å². The average Bonchev–Trinajstić information content (AvgIpc) is 3.03. The molecule has 1 aromatic carbocycles. The van der Waals surface area contributed by atoms with Crippen LogP contribution in [-0.4, -0.2) is 40.4 Å². The molecule has 0 radical (unpaired) electrons. The van der Waals surface area contributed by atoms with Crippen molar-refractivity contribution in [3.63, 3.8) is 0 Å². The maximum absolute atomic E-state index is 13.1. The van der Waals surface area contributed by atoms with Crippen LogP contribution in [0.2, 0.25) is 0 Å². The summed E-state index contributed by atoms with van der Waals surface area (Å²) < 4.78 is 13.1. The number of carbonyl (C=O) groups is 1. The van der Waals surface area contributed by atoms with E-state index in [0.717, 1.165) is 25.2 Å². The van der Waals surface area contributed by atoms with E-state index >= 15 is 0 Å². The van der Waals surface area contributed by atoms with Gasteiger partial charge in [-0.3, -0.25) is 14.8 Å². The van der Waals surface area contributed by atoms with Crippen LogP contribution in [0.5, 0.6) is 0 Å². The van der Waals surface area contributed by atoms with Crippen LogP contribution in [0.1, 0.15) is 24.5 Å². The van der Waals surface area contributed by atoms with Crippen molar-refractivity contribution in [2.75, 3.05) is 25.0 Å². The van der Waals surface area contributed by atoms with Gasteiger partial charge in [0.05, 0.1) is 5.69 Å². The molecule has 1 aromatic heterocycles. The van der Waals surface area contributed by atoms with Crippen molar-refractivity contribution in [1.82, 2.24) is 14.9 Å². The van der Waals surface area contributed by atoms with Crippen molar-refractivity contribution < 1.29 is 9.18 Å². The zero-order valence-electron chi connectivity index (χ0n) is 12.8. The molecule has 1 aliphatic heterocycles. The van der Waals surface area contributed by atoms with Crippen LogP contribution in [0.3, 0.4) is 0 Å². The maximum Gasteiger partial charge on any atom is 0.225 e. The first-order chi connectivity index (χ1) is 11.2. The fraction of sp³-hybridized carbons (Fsp3) is 0.353. The summed E-state index contributed by atoms with van der Waals surface area (Å²) in [4.78, 5) is 22.7. The lowest BCUT2D eigenvalue weighted by Crippen LogP contribution is -2.26. The van der Waals surface area contributed by atoms with Crippen LogP contribution in [0.4, 0.5) is 10.1 Å². The van der Waals surface area contributed by atoms with Gasteiger partial charge < -0.3 is 10.2 Å². The number of rotatable bonds is 5. The fourth-order valence-electron chi connectivity index (χ4n) is 2.85.